The summed E-state index contributed by atoms with van der Waals surface area (Å²) in [7, 11) is 0. The highest BCUT2D eigenvalue weighted by Gasteiger charge is 2.38. The van der Waals surface area contributed by atoms with Gasteiger partial charge in [-0.15, -0.1) is 0 Å². The third-order valence-corrected chi connectivity index (χ3v) is 4.42. The van der Waals surface area contributed by atoms with Gasteiger partial charge in [-0.2, -0.15) is 5.10 Å². The maximum Gasteiger partial charge on any atom is 0.0673 e. The number of morpholine rings is 1. The molecule has 1 aliphatic heterocycles. The molecule has 1 N–H and O–H groups in total. The van der Waals surface area contributed by atoms with E-state index in [1.54, 1.807) is 0 Å². The first kappa shape index (κ1) is 16.5. The highest BCUT2D eigenvalue weighted by atomic mass is 16.5. The van der Waals surface area contributed by atoms with Crippen LogP contribution in [0.2, 0.25) is 0 Å². The molecular weight excluding hydrogens is 264 g/mol. The van der Waals surface area contributed by atoms with Gasteiger partial charge in [-0.25, -0.2) is 0 Å². The Kier molecular flexibility index (Phi) is 5.79. The van der Waals surface area contributed by atoms with Crippen molar-refractivity contribution in [1.29, 1.82) is 0 Å². The van der Waals surface area contributed by atoms with Gasteiger partial charge >= 0.3 is 0 Å². The average molecular weight is 294 g/mol. The average Bonchev–Trinajstić information content (AvgIpc) is 2.94. The molecule has 1 aliphatic rings. The van der Waals surface area contributed by atoms with E-state index in [4.69, 9.17) is 4.74 Å². The molecule has 0 amide bonds. The normalized spacial score (nSPS) is 18.9. The Morgan fingerprint density at radius 1 is 1.33 bits per heavy atom. The van der Waals surface area contributed by atoms with E-state index in [0.29, 0.717) is 0 Å². The van der Waals surface area contributed by atoms with Crippen LogP contribution >= 0.6 is 0 Å². The first-order valence-corrected chi connectivity index (χ1v) is 8.19. The van der Waals surface area contributed by atoms with Gasteiger partial charge in [0.15, 0.2) is 0 Å². The van der Waals surface area contributed by atoms with Crippen molar-refractivity contribution in [3.8, 4) is 0 Å². The molecule has 5 nitrogen and oxygen atoms in total. The van der Waals surface area contributed by atoms with Gasteiger partial charge in [0.25, 0.3) is 0 Å². The maximum absolute atomic E-state index is 5.51. The number of nitrogens with zero attached hydrogens (tertiary/aromatic N) is 3. The Balaban J connectivity index is 2.25. The summed E-state index contributed by atoms with van der Waals surface area (Å²) >= 11 is 0. The van der Waals surface area contributed by atoms with Gasteiger partial charge in [-0.3, -0.25) is 9.58 Å². The summed E-state index contributed by atoms with van der Waals surface area (Å²) in [5, 5.41) is 8.18. The van der Waals surface area contributed by atoms with Crippen molar-refractivity contribution in [3.63, 3.8) is 0 Å². The van der Waals surface area contributed by atoms with E-state index in [1.165, 1.54) is 5.69 Å². The fourth-order valence-corrected chi connectivity index (χ4v) is 3.23. The molecule has 0 radical (unpaired) electrons. The molecule has 0 spiro atoms. The molecule has 1 aromatic heterocycles. The van der Waals surface area contributed by atoms with Gasteiger partial charge in [-0.1, -0.05) is 13.8 Å². The van der Waals surface area contributed by atoms with Gasteiger partial charge in [0.1, 0.15) is 0 Å². The molecule has 0 aliphatic carbocycles. The first-order valence-electron chi connectivity index (χ1n) is 8.19. The topological polar surface area (TPSA) is 42.3 Å². The lowest BCUT2D eigenvalue weighted by atomic mass is 9.89. The summed E-state index contributed by atoms with van der Waals surface area (Å²) in [5.74, 6) is 0. The van der Waals surface area contributed by atoms with Crippen molar-refractivity contribution in [2.24, 2.45) is 0 Å². The Hall–Kier alpha value is -0.910. The second kappa shape index (κ2) is 7.38. The number of hydrogen-bond donors (Lipinski definition) is 1. The zero-order chi connectivity index (χ0) is 15.3. The second-order valence-corrected chi connectivity index (χ2v) is 6.22. The number of hydrogen-bond acceptors (Lipinski definition) is 4. The van der Waals surface area contributed by atoms with Gasteiger partial charge in [0.05, 0.1) is 24.9 Å². The summed E-state index contributed by atoms with van der Waals surface area (Å²) in [5.41, 5.74) is 1.32. The van der Waals surface area contributed by atoms with Gasteiger partial charge in [0.2, 0.25) is 0 Å². The zero-order valence-electron chi connectivity index (χ0n) is 13.9. The van der Waals surface area contributed by atoms with Crippen molar-refractivity contribution in [3.05, 3.63) is 18.0 Å². The monoisotopic (exact) mass is 294 g/mol. The fraction of sp³-hybridized carbons (Fsp3) is 0.812. The maximum atomic E-state index is 5.51. The quantitative estimate of drug-likeness (QED) is 0.836. The molecule has 1 unspecified atom stereocenters. The molecular formula is C16H30N4O. The number of ether oxygens (including phenoxy) is 1. The Bertz CT molecular complexity index is 424. The minimum Gasteiger partial charge on any atom is -0.379 e. The summed E-state index contributed by atoms with van der Waals surface area (Å²) in [4.78, 5) is 2.53. The molecule has 2 rings (SSSR count). The van der Waals surface area contributed by atoms with E-state index in [-0.39, 0.29) is 11.6 Å². The van der Waals surface area contributed by atoms with Crippen molar-refractivity contribution >= 4 is 0 Å². The van der Waals surface area contributed by atoms with Crippen LogP contribution in [0.15, 0.2) is 12.3 Å². The lowest BCUT2D eigenvalue weighted by Gasteiger charge is -2.46. The zero-order valence-corrected chi connectivity index (χ0v) is 13.9. The largest absolute Gasteiger partial charge is 0.379 e. The van der Waals surface area contributed by atoms with Crippen LogP contribution in [0.5, 0.6) is 0 Å². The van der Waals surface area contributed by atoms with E-state index in [2.05, 4.69) is 53.8 Å². The third-order valence-electron chi connectivity index (χ3n) is 4.42. The fourth-order valence-electron chi connectivity index (χ4n) is 3.23. The van der Waals surface area contributed by atoms with Crippen molar-refractivity contribution < 1.29 is 4.74 Å². The van der Waals surface area contributed by atoms with E-state index in [0.717, 1.165) is 45.8 Å². The first-order chi connectivity index (χ1) is 10.1. The predicted octanol–water partition coefficient (Wildman–Crippen LogP) is 2.05. The molecule has 1 atom stereocenters. The molecule has 2 heterocycles. The molecule has 0 saturated carbocycles. The van der Waals surface area contributed by atoms with Crippen LogP contribution in [0.3, 0.4) is 0 Å². The van der Waals surface area contributed by atoms with Crippen LogP contribution in [0.25, 0.3) is 0 Å². The smallest absolute Gasteiger partial charge is 0.0673 e. The SMILES string of the molecule is CCCn1nccc1C(NCC)C(C)(C)N1CCOCC1. The summed E-state index contributed by atoms with van der Waals surface area (Å²) in [6.45, 7) is 14.6. The molecule has 1 aromatic rings. The summed E-state index contributed by atoms with van der Waals surface area (Å²) in [6.07, 6.45) is 3.02. The van der Waals surface area contributed by atoms with E-state index >= 15 is 0 Å². The number of aromatic nitrogens is 2. The van der Waals surface area contributed by atoms with Crippen LogP contribution < -0.4 is 5.32 Å². The molecule has 5 heteroatoms. The summed E-state index contributed by atoms with van der Waals surface area (Å²) in [6, 6.07) is 2.43. The third kappa shape index (κ3) is 3.65. The van der Waals surface area contributed by atoms with Crippen LogP contribution in [0, 0.1) is 0 Å². The van der Waals surface area contributed by atoms with Crippen molar-refractivity contribution in [1.82, 2.24) is 20.0 Å². The lowest BCUT2D eigenvalue weighted by Crippen LogP contribution is -2.56. The molecule has 1 fully saturated rings. The minimum absolute atomic E-state index is 0.0331. The van der Waals surface area contributed by atoms with Gasteiger partial charge < -0.3 is 10.1 Å². The molecule has 120 valence electrons. The van der Waals surface area contributed by atoms with E-state index in [9.17, 15) is 0 Å². The predicted molar refractivity (Wildman–Crippen MR) is 85.4 cm³/mol. The van der Waals surface area contributed by atoms with Gasteiger partial charge in [-0.05, 0) is 32.9 Å². The Morgan fingerprint density at radius 2 is 2.05 bits per heavy atom. The molecule has 1 saturated heterocycles. The lowest BCUT2D eigenvalue weighted by molar-refractivity contribution is -0.0247. The standard InChI is InChI=1S/C16H30N4O/c1-5-9-20-14(7-8-18-20)15(17-6-2)16(3,4)19-10-12-21-13-11-19/h7-8,15,17H,5-6,9-13H2,1-4H3. The number of rotatable bonds is 7. The highest BCUT2D eigenvalue weighted by Crippen LogP contribution is 2.31. The second-order valence-electron chi connectivity index (χ2n) is 6.22. The Morgan fingerprint density at radius 3 is 2.67 bits per heavy atom. The van der Waals surface area contributed by atoms with Crippen LogP contribution in [-0.2, 0) is 11.3 Å². The molecule has 0 aromatic carbocycles. The van der Waals surface area contributed by atoms with Crippen LogP contribution in [-0.4, -0.2) is 53.1 Å². The number of aryl methyl sites for hydroxylation is 1. The van der Waals surface area contributed by atoms with Crippen LogP contribution in [0.4, 0.5) is 0 Å². The van der Waals surface area contributed by atoms with E-state index < -0.39 is 0 Å². The molecule has 21 heavy (non-hydrogen) atoms. The van der Waals surface area contributed by atoms with Crippen molar-refractivity contribution in [2.75, 3.05) is 32.8 Å². The van der Waals surface area contributed by atoms with Crippen LogP contribution in [0.1, 0.15) is 45.9 Å². The number of likely N-dealkylation sites (N-methyl/N-ethyl adjacent to an activating group) is 1. The van der Waals surface area contributed by atoms with E-state index in [1.807, 2.05) is 6.20 Å². The summed E-state index contributed by atoms with van der Waals surface area (Å²) < 4.78 is 7.66. The highest BCUT2D eigenvalue weighted by molar-refractivity contribution is 5.14. The van der Waals surface area contributed by atoms with Crippen molar-refractivity contribution in [2.45, 2.75) is 52.2 Å². The number of nitrogens with one attached hydrogen (secondary N) is 1. The Labute approximate surface area is 128 Å². The minimum atomic E-state index is 0.0331. The molecule has 0 bridgehead atoms. The van der Waals surface area contributed by atoms with Gasteiger partial charge in [0, 0.05) is 31.4 Å².